The summed E-state index contributed by atoms with van der Waals surface area (Å²) in [6, 6.07) is 0. The number of fused-ring (bicyclic) bond motifs is 1. The van der Waals surface area contributed by atoms with Crippen molar-refractivity contribution >= 4 is 28.6 Å². The van der Waals surface area contributed by atoms with E-state index in [1.54, 1.807) is 7.05 Å². The Hall–Kier alpha value is -2.65. The van der Waals surface area contributed by atoms with Crippen LogP contribution in [0.4, 0.5) is 5.82 Å². The normalized spacial score (nSPS) is 24.9. The molecule has 0 saturated carbocycles. The van der Waals surface area contributed by atoms with E-state index in [2.05, 4.69) is 20.1 Å². The van der Waals surface area contributed by atoms with Gasteiger partial charge >= 0.3 is 5.82 Å². The van der Waals surface area contributed by atoms with Gasteiger partial charge in [0.05, 0.1) is 18.2 Å². The van der Waals surface area contributed by atoms with Crippen LogP contribution in [0, 0.1) is 10.1 Å². The van der Waals surface area contributed by atoms with E-state index in [0.29, 0.717) is 16.1 Å². The number of aromatic nitrogens is 6. The van der Waals surface area contributed by atoms with Crippen molar-refractivity contribution < 1.29 is 25.0 Å². The molecule has 28 heavy (non-hydrogen) atoms. The van der Waals surface area contributed by atoms with E-state index < -0.39 is 36.1 Å². The van der Waals surface area contributed by atoms with Crippen LogP contribution in [-0.2, 0) is 11.8 Å². The zero-order chi connectivity index (χ0) is 20.0. The lowest BCUT2D eigenvalue weighted by atomic mass is 10.1. The van der Waals surface area contributed by atoms with Gasteiger partial charge in [-0.25, -0.2) is 14.6 Å². The molecule has 4 atom stereocenters. The van der Waals surface area contributed by atoms with Crippen LogP contribution >= 0.6 is 11.8 Å². The van der Waals surface area contributed by atoms with E-state index in [1.165, 1.54) is 28.1 Å². The second-order valence-electron chi connectivity index (χ2n) is 6.08. The summed E-state index contributed by atoms with van der Waals surface area (Å²) in [5, 5.41) is 45.9. The fraction of sp³-hybridized carbons (Fsp3) is 0.429. The number of hydrogen-bond donors (Lipinski definition) is 3. The van der Waals surface area contributed by atoms with Crippen molar-refractivity contribution in [2.45, 2.75) is 34.6 Å². The van der Waals surface area contributed by atoms with Crippen molar-refractivity contribution in [3.8, 4) is 0 Å². The molecule has 3 aromatic heterocycles. The number of imidazole rings is 1. The summed E-state index contributed by atoms with van der Waals surface area (Å²) in [6.45, 7) is -0.464. The minimum absolute atomic E-state index is 0.283. The molecule has 0 aromatic carbocycles. The maximum absolute atomic E-state index is 11.2. The van der Waals surface area contributed by atoms with Crippen LogP contribution in [0.2, 0.25) is 0 Å². The number of nitro groups is 1. The Morgan fingerprint density at radius 1 is 1.32 bits per heavy atom. The predicted octanol–water partition coefficient (Wildman–Crippen LogP) is -0.769. The van der Waals surface area contributed by atoms with E-state index >= 15 is 0 Å². The van der Waals surface area contributed by atoms with Gasteiger partial charge in [0.25, 0.3) is 0 Å². The average molecular weight is 409 g/mol. The zero-order valence-corrected chi connectivity index (χ0v) is 15.2. The Balaban J connectivity index is 1.72. The molecule has 0 aliphatic carbocycles. The number of ether oxygens (including phenoxy) is 1. The lowest BCUT2D eigenvalue weighted by molar-refractivity contribution is -0.392. The van der Waals surface area contributed by atoms with Gasteiger partial charge in [-0.05, 0) is 21.7 Å². The molecule has 1 aliphatic rings. The SMILES string of the molecule is Cn1cnc([N+](=O)[O-])c1Sc1ncnc2c1cnn2[C@@H]1O[C@H](CO)[C@@H](O)[C@H]1O. The highest BCUT2D eigenvalue weighted by atomic mass is 32.2. The first-order valence-corrected chi connectivity index (χ1v) is 8.88. The first-order chi connectivity index (χ1) is 13.4. The molecule has 3 aromatic rings. The third-order valence-corrected chi connectivity index (χ3v) is 5.53. The van der Waals surface area contributed by atoms with Gasteiger partial charge in [-0.3, -0.25) is 0 Å². The molecule has 14 heteroatoms. The summed E-state index contributed by atoms with van der Waals surface area (Å²) >= 11 is 1.03. The molecule has 0 amide bonds. The Morgan fingerprint density at radius 2 is 2.11 bits per heavy atom. The molecule has 1 saturated heterocycles. The molecule has 13 nitrogen and oxygen atoms in total. The molecule has 0 unspecified atom stereocenters. The maximum atomic E-state index is 11.2. The van der Waals surface area contributed by atoms with Crippen LogP contribution in [0.1, 0.15) is 6.23 Å². The fourth-order valence-electron chi connectivity index (χ4n) is 2.93. The first-order valence-electron chi connectivity index (χ1n) is 8.06. The Kier molecular flexibility index (Phi) is 4.72. The highest BCUT2D eigenvalue weighted by molar-refractivity contribution is 7.99. The molecule has 1 fully saturated rings. The summed E-state index contributed by atoms with van der Waals surface area (Å²) in [5.41, 5.74) is 0.303. The summed E-state index contributed by atoms with van der Waals surface area (Å²) in [7, 11) is 1.63. The monoisotopic (exact) mass is 409 g/mol. The van der Waals surface area contributed by atoms with E-state index in [1.807, 2.05) is 0 Å². The van der Waals surface area contributed by atoms with Gasteiger partial charge in [-0.15, -0.1) is 0 Å². The van der Waals surface area contributed by atoms with E-state index in [0.717, 1.165) is 11.8 Å². The van der Waals surface area contributed by atoms with Gasteiger partial charge in [0.15, 0.2) is 16.9 Å². The Morgan fingerprint density at radius 3 is 2.79 bits per heavy atom. The average Bonchev–Trinajstić information content (AvgIpc) is 3.33. The molecular formula is C14H15N7O6S. The van der Waals surface area contributed by atoms with Crippen molar-refractivity contribution in [2.75, 3.05) is 6.61 Å². The van der Waals surface area contributed by atoms with Crippen molar-refractivity contribution in [2.24, 2.45) is 7.05 Å². The molecule has 148 valence electrons. The van der Waals surface area contributed by atoms with Crippen molar-refractivity contribution in [1.82, 2.24) is 29.3 Å². The van der Waals surface area contributed by atoms with E-state index in [-0.39, 0.29) is 10.8 Å². The molecule has 0 radical (unpaired) electrons. The minimum atomic E-state index is -1.32. The van der Waals surface area contributed by atoms with Gasteiger partial charge in [0, 0.05) is 7.05 Å². The zero-order valence-electron chi connectivity index (χ0n) is 14.4. The Labute approximate surface area is 160 Å². The Bertz CT molecular complexity index is 1040. The lowest BCUT2D eigenvalue weighted by Gasteiger charge is -2.15. The van der Waals surface area contributed by atoms with Gasteiger partial charge in [0.1, 0.15) is 29.7 Å². The number of aliphatic hydroxyl groups excluding tert-OH is 3. The highest BCUT2D eigenvalue weighted by Crippen LogP contribution is 2.37. The summed E-state index contributed by atoms with van der Waals surface area (Å²) < 4.78 is 8.27. The smallest absolute Gasteiger partial charge is 0.394 e. The van der Waals surface area contributed by atoms with Crippen LogP contribution in [0.3, 0.4) is 0 Å². The van der Waals surface area contributed by atoms with E-state index in [4.69, 9.17) is 4.74 Å². The third kappa shape index (κ3) is 2.91. The molecule has 0 spiro atoms. The van der Waals surface area contributed by atoms with Crippen molar-refractivity contribution in [1.29, 1.82) is 0 Å². The summed E-state index contributed by atoms with van der Waals surface area (Å²) in [5.74, 6) is -0.296. The standard InChI is InChI=1S/C14H15N7O6S/c1-19-5-17-11(21(25)26)14(19)28-12-6-2-18-20(10(6)15-4-16-12)13-9(24)8(23)7(3-22)27-13/h2,4-5,7-9,13,22-24H,3H2,1H3/t7-,8-,9-,13-/m1/s1. The van der Waals surface area contributed by atoms with Crippen molar-refractivity contribution in [3.05, 3.63) is 29.0 Å². The second-order valence-corrected chi connectivity index (χ2v) is 7.06. The largest absolute Gasteiger partial charge is 0.396 e. The maximum Gasteiger partial charge on any atom is 0.396 e. The molecule has 0 bridgehead atoms. The number of hydrogen-bond acceptors (Lipinski definition) is 11. The van der Waals surface area contributed by atoms with Crippen LogP contribution in [0.15, 0.2) is 28.9 Å². The van der Waals surface area contributed by atoms with Crippen LogP contribution < -0.4 is 0 Å². The third-order valence-electron chi connectivity index (χ3n) is 4.34. The molecule has 3 N–H and O–H groups in total. The molecular weight excluding hydrogens is 394 g/mol. The van der Waals surface area contributed by atoms with E-state index in [9.17, 15) is 25.4 Å². The number of nitrogens with zero attached hydrogens (tertiary/aromatic N) is 7. The van der Waals surface area contributed by atoms with Gasteiger partial charge in [-0.2, -0.15) is 5.10 Å². The number of aliphatic hydroxyl groups is 3. The van der Waals surface area contributed by atoms with Crippen LogP contribution in [0.25, 0.3) is 11.0 Å². The number of aryl methyl sites for hydroxylation is 1. The molecule has 1 aliphatic heterocycles. The minimum Gasteiger partial charge on any atom is -0.394 e. The lowest BCUT2D eigenvalue weighted by Crippen LogP contribution is -2.33. The topological polar surface area (TPSA) is 174 Å². The molecule has 4 rings (SSSR count). The summed E-state index contributed by atoms with van der Waals surface area (Å²) in [6.07, 6.45) is -0.565. The van der Waals surface area contributed by atoms with Gasteiger partial charge < -0.3 is 34.7 Å². The predicted molar refractivity (Wildman–Crippen MR) is 92.3 cm³/mol. The second kappa shape index (κ2) is 7.06. The first kappa shape index (κ1) is 18.7. The molecule has 4 heterocycles. The summed E-state index contributed by atoms with van der Waals surface area (Å²) in [4.78, 5) is 22.7. The van der Waals surface area contributed by atoms with Gasteiger partial charge in [-0.1, -0.05) is 0 Å². The van der Waals surface area contributed by atoms with Crippen LogP contribution in [0.5, 0.6) is 0 Å². The fourth-order valence-corrected chi connectivity index (χ4v) is 3.88. The highest BCUT2D eigenvalue weighted by Gasteiger charge is 2.44. The van der Waals surface area contributed by atoms with Gasteiger partial charge in [0.2, 0.25) is 6.33 Å². The number of rotatable bonds is 5. The van der Waals surface area contributed by atoms with Crippen molar-refractivity contribution in [3.63, 3.8) is 0 Å². The quantitative estimate of drug-likeness (QED) is 0.274. The van der Waals surface area contributed by atoms with Crippen LogP contribution in [-0.4, -0.2) is 74.5 Å².